The minimum absolute atomic E-state index is 0.0711. The van der Waals surface area contributed by atoms with E-state index in [1.807, 2.05) is 0 Å². The van der Waals surface area contributed by atoms with Gasteiger partial charge in [-0.3, -0.25) is 0 Å². The maximum Gasteiger partial charge on any atom is 0.179 e. The second-order valence-corrected chi connectivity index (χ2v) is 2.16. The Hall–Kier alpha value is -1.98. The van der Waals surface area contributed by atoms with Crippen molar-refractivity contribution in [1.82, 2.24) is 10.3 Å². The van der Waals surface area contributed by atoms with Gasteiger partial charge in [-0.15, -0.1) is 4.91 Å². The van der Waals surface area contributed by atoms with Gasteiger partial charge in [0.15, 0.2) is 17.0 Å². The molecule has 6 nitrogen and oxygen atoms in total. The summed E-state index contributed by atoms with van der Waals surface area (Å²) in [4.78, 5) is 10.1. The van der Waals surface area contributed by atoms with E-state index in [1.165, 1.54) is 12.1 Å². The molecule has 2 aromatic rings. The van der Waals surface area contributed by atoms with E-state index in [9.17, 15) is 10.0 Å². The van der Waals surface area contributed by atoms with Crippen molar-refractivity contribution in [3.63, 3.8) is 0 Å². The van der Waals surface area contributed by atoms with Crippen LogP contribution in [0.3, 0.4) is 0 Å². The van der Waals surface area contributed by atoms with E-state index >= 15 is 0 Å². The average Bonchev–Trinajstić information content (AvgIpc) is 2.53. The van der Waals surface area contributed by atoms with Gasteiger partial charge in [0.25, 0.3) is 0 Å². The number of hydrogen-bond acceptors (Lipinski definition) is 6. The highest BCUT2D eigenvalue weighted by Gasteiger charge is 2.10. The monoisotopic (exact) mass is 165 g/mol. The molecule has 0 amide bonds. The SMILES string of the molecule is O=Nc1ccc2nonc2c1O. The molecular weight excluding hydrogens is 162 g/mol. The van der Waals surface area contributed by atoms with E-state index < -0.39 is 0 Å². The van der Waals surface area contributed by atoms with Crippen LogP contribution in [-0.4, -0.2) is 15.4 Å². The van der Waals surface area contributed by atoms with Crippen LogP contribution in [-0.2, 0) is 0 Å². The third-order valence-corrected chi connectivity index (χ3v) is 1.48. The van der Waals surface area contributed by atoms with Crippen molar-refractivity contribution in [2.75, 3.05) is 0 Å². The zero-order valence-corrected chi connectivity index (χ0v) is 5.76. The normalized spacial score (nSPS) is 10.3. The van der Waals surface area contributed by atoms with Crippen molar-refractivity contribution in [1.29, 1.82) is 0 Å². The fourth-order valence-electron chi connectivity index (χ4n) is 0.901. The summed E-state index contributed by atoms with van der Waals surface area (Å²) in [5.74, 6) is -0.302. The van der Waals surface area contributed by atoms with Gasteiger partial charge < -0.3 is 5.11 Å². The van der Waals surface area contributed by atoms with E-state index in [2.05, 4.69) is 20.1 Å². The summed E-state index contributed by atoms with van der Waals surface area (Å²) >= 11 is 0. The predicted octanol–water partition coefficient (Wildman–Crippen LogP) is 1.33. The Bertz CT molecular complexity index is 437. The Labute approximate surface area is 65.7 Å². The Balaban J connectivity index is 2.86. The molecule has 0 bridgehead atoms. The van der Waals surface area contributed by atoms with E-state index in [4.69, 9.17) is 0 Å². The predicted molar refractivity (Wildman–Crippen MR) is 38.9 cm³/mol. The van der Waals surface area contributed by atoms with Gasteiger partial charge in [-0.25, -0.2) is 4.63 Å². The molecule has 0 atom stereocenters. The number of fused-ring (bicyclic) bond motifs is 1. The summed E-state index contributed by atoms with van der Waals surface area (Å²) in [7, 11) is 0. The fraction of sp³-hybridized carbons (Fsp3) is 0. The molecule has 1 aromatic carbocycles. The van der Waals surface area contributed by atoms with Gasteiger partial charge in [-0.05, 0) is 27.6 Å². The van der Waals surface area contributed by atoms with Crippen LogP contribution in [0.15, 0.2) is 21.9 Å². The lowest BCUT2D eigenvalue weighted by Crippen LogP contribution is -1.72. The highest BCUT2D eigenvalue weighted by Crippen LogP contribution is 2.31. The zero-order valence-electron chi connectivity index (χ0n) is 5.76. The van der Waals surface area contributed by atoms with Crippen LogP contribution in [0.5, 0.6) is 5.75 Å². The number of phenols is 1. The van der Waals surface area contributed by atoms with Gasteiger partial charge in [0.05, 0.1) is 0 Å². The molecule has 12 heavy (non-hydrogen) atoms. The number of rotatable bonds is 1. The van der Waals surface area contributed by atoms with Crippen molar-refractivity contribution in [2.45, 2.75) is 0 Å². The van der Waals surface area contributed by atoms with Crippen molar-refractivity contribution < 1.29 is 9.74 Å². The number of nitroso groups, excluding NO2 is 1. The molecule has 0 saturated heterocycles. The van der Waals surface area contributed by atoms with Gasteiger partial charge in [0.2, 0.25) is 0 Å². The van der Waals surface area contributed by atoms with Crippen LogP contribution in [0.4, 0.5) is 5.69 Å². The van der Waals surface area contributed by atoms with Crippen LogP contribution in [0.1, 0.15) is 0 Å². The van der Waals surface area contributed by atoms with E-state index in [0.717, 1.165) is 0 Å². The average molecular weight is 165 g/mol. The molecule has 0 fully saturated rings. The molecular formula is C6H3N3O3. The lowest BCUT2D eigenvalue weighted by atomic mass is 10.2. The molecule has 0 saturated carbocycles. The Morgan fingerprint density at radius 3 is 3.00 bits per heavy atom. The standard InChI is InChI=1S/C6H3N3O3/c10-6-4(7-11)2-1-3-5(6)9-12-8-3/h1-2,10H. The molecule has 0 aliphatic carbocycles. The summed E-state index contributed by atoms with van der Waals surface area (Å²) in [5, 5.41) is 18.7. The zero-order chi connectivity index (χ0) is 8.55. The lowest BCUT2D eigenvalue weighted by Gasteiger charge is -1.91. The molecule has 1 heterocycles. The molecule has 1 N–H and O–H groups in total. The van der Waals surface area contributed by atoms with Gasteiger partial charge in [0.1, 0.15) is 5.52 Å². The van der Waals surface area contributed by atoms with E-state index in [1.54, 1.807) is 0 Å². The molecule has 6 heteroatoms. The first-order chi connectivity index (χ1) is 5.83. The minimum atomic E-state index is -0.302. The maximum absolute atomic E-state index is 10.1. The number of phenolic OH excluding ortho intramolecular Hbond substituents is 1. The second kappa shape index (κ2) is 2.26. The van der Waals surface area contributed by atoms with Gasteiger partial charge >= 0.3 is 0 Å². The minimum Gasteiger partial charge on any atom is -0.504 e. The van der Waals surface area contributed by atoms with Gasteiger partial charge in [-0.1, -0.05) is 0 Å². The van der Waals surface area contributed by atoms with Crippen molar-refractivity contribution in [2.24, 2.45) is 5.18 Å². The largest absolute Gasteiger partial charge is 0.504 e. The molecule has 0 aliphatic heterocycles. The number of hydrogen-bond donors (Lipinski definition) is 1. The summed E-state index contributed by atoms with van der Waals surface area (Å²) in [6.45, 7) is 0. The molecule has 0 unspecified atom stereocenters. The Morgan fingerprint density at radius 1 is 1.42 bits per heavy atom. The van der Waals surface area contributed by atoms with Gasteiger partial charge in [-0.2, -0.15) is 0 Å². The molecule has 1 aromatic heterocycles. The number of aromatic hydroxyl groups is 1. The fourth-order valence-corrected chi connectivity index (χ4v) is 0.901. The molecule has 2 rings (SSSR count). The maximum atomic E-state index is 10.1. The third kappa shape index (κ3) is 0.746. The van der Waals surface area contributed by atoms with Crippen LogP contribution in [0.25, 0.3) is 11.0 Å². The van der Waals surface area contributed by atoms with Crippen molar-refractivity contribution >= 4 is 16.7 Å². The van der Waals surface area contributed by atoms with E-state index in [-0.39, 0.29) is 17.0 Å². The summed E-state index contributed by atoms with van der Waals surface area (Å²) in [5.41, 5.74) is 0.463. The Morgan fingerprint density at radius 2 is 2.25 bits per heavy atom. The number of aromatic nitrogens is 2. The Kier molecular flexibility index (Phi) is 1.26. The molecule has 0 aliphatic rings. The highest BCUT2D eigenvalue weighted by atomic mass is 16.6. The van der Waals surface area contributed by atoms with Crippen LogP contribution >= 0.6 is 0 Å². The number of benzene rings is 1. The topological polar surface area (TPSA) is 88.6 Å². The van der Waals surface area contributed by atoms with Crippen LogP contribution < -0.4 is 0 Å². The first-order valence-corrected chi connectivity index (χ1v) is 3.10. The van der Waals surface area contributed by atoms with Gasteiger partial charge in [0, 0.05) is 0 Å². The smallest absolute Gasteiger partial charge is 0.179 e. The van der Waals surface area contributed by atoms with E-state index in [0.29, 0.717) is 5.52 Å². The molecule has 60 valence electrons. The quantitative estimate of drug-likeness (QED) is 0.643. The van der Waals surface area contributed by atoms with Crippen molar-refractivity contribution in [3.05, 3.63) is 17.0 Å². The highest BCUT2D eigenvalue weighted by molar-refractivity contribution is 5.85. The first-order valence-electron chi connectivity index (χ1n) is 3.10. The van der Waals surface area contributed by atoms with Crippen LogP contribution in [0, 0.1) is 4.91 Å². The summed E-state index contributed by atoms with van der Waals surface area (Å²) in [6, 6.07) is 2.83. The van der Waals surface area contributed by atoms with Crippen molar-refractivity contribution in [3.8, 4) is 5.75 Å². The van der Waals surface area contributed by atoms with Crippen LogP contribution in [0.2, 0.25) is 0 Å². The summed E-state index contributed by atoms with van der Waals surface area (Å²) in [6.07, 6.45) is 0. The third-order valence-electron chi connectivity index (χ3n) is 1.48. The lowest BCUT2D eigenvalue weighted by molar-refractivity contribution is 0.314. The number of nitrogens with zero attached hydrogens (tertiary/aromatic N) is 3. The molecule has 0 radical (unpaired) electrons. The molecule has 0 spiro atoms. The second-order valence-electron chi connectivity index (χ2n) is 2.16. The summed E-state index contributed by atoms with van der Waals surface area (Å²) < 4.78 is 4.34. The first kappa shape index (κ1) is 6.71.